The molecule has 3 rings (SSSR count). The van der Waals surface area contributed by atoms with E-state index < -0.39 is 5.60 Å². The molecule has 1 aromatic heterocycles. The van der Waals surface area contributed by atoms with Gasteiger partial charge in [-0.25, -0.2) is 9.07 Å². The maximum atomic E-state index is 12.9. The van der Waals surface area contributed by atoms with Crippen molar-refractivity contribution in [2.45, 2.75) is 25.0 Å². The van der Waals surface area contributed by atoms with E-state index in [0.717, 1.165) is 17.2 Å². The van der Waals surface area contributed by atoms with Gasteiger partial charge in [0.25, 0.3) is 5.91 Å². The van der Waals surface area contributed by atoms with E-state index in [0.29, 0.717) is 18.5 Å². The van der Waals surface area contributed by atoms with E-state index >= 15 is 0 Å². The van der Waals surface area contributed by atoms with Crippen molar-refractivity contribution in [2.75, 3.05) is 11.5 Å². The molecule has 0 aliphatic carbocycles. The summed E-state index contributed by atoms with van der Waals surface area (Å²) in [6, 6.07) is 7.79. The van der Waals surface area contributed by atoms with Crippen LogP contribution in [0.5, 0.6) is 0 Å². The molecule has 0 unspecified atom stereocenters. The monoisotopic (exact) mass is 335 g/mol. The van der Waals surface area contributed by atoms with Crippen molar-refractivity contribution in [1.29, 1.82) is 0 Å². The molecule has 7 heteroatoms. The van der Waals surface area contributed by atoms with Crippen molar-refractivity contribution in [1.82, 2.24) is 15.1 Å². The van der Waals surface area contributed by atoms with E-state index in [1.807, 2.05) is 0 Å². The average Bonchev–Trinajstić information content (AvgIpc) is 3.03. The number of nitrogens with zero attached hydrogens (tertiary/aromatic N) is 2. The van der Waals surface area contributed by atoms with Crippen molar-refractivity contribution < 1.29 is 14.3 Å². The van der Waals surface area contributed by atoms with Crippen LogP contribution in [0.3, 0.4) is 0 Å². The van der Waals surface area contributed by atoms with Crippen LogP contribution in [0.15, 0.2) is 36.5 Å². The summed E-state index contributed by atoms with van der Waals surface area (Å²) >= 11 is 1.75. The minimum Gasteiger partial charge on any atom is -0.380 e. The fourth-order valence-electron chi connectivity index (χ4n) is 2.47. The molecule has 0 saturated carbocycles. The lowest BCUT2D eigenvalue weighted by atomic mass is 9.96. The summed E-state index contributed by atoms with van der Waals surface area (Å²) < 4.78 is 14.5. The Hall–Kier alpha value is -1.86. The van der Waals surface area contributed by atoms with E-state index in [1.54, 1.807) is 40.8 Å². The minimum atomic E-state index is -1.26. The number of aromatic nitrogens is 2. The third kappa shape index (κ3) is 3.73. The van der Waals surface area contributed by atoms with Crippen LogP contribution in [0, 0.1) is 5.82 Å². The van der Waals surface area contributed by atoms with Crippen molar-refractivity contribution in [3.05, 3.63) is 48.0 Å². The standard InChI is InChI=1S/C16H18FN3O2S/c17-12-1-3-14(4-2-12)20-8-5-13(19-20)11-18-15(21)16(22)6-9-23-10-7-16/h1-5,8,22H,6-7,9-11H2,(H,18,21). The summed E-state index contributed by atoms with van der Waals surface area (Å²) in [5, 5.41) is 17.4. The average molecular weight is 335 g/mol. The fourth-order valence-corrected chi connectivity index (χ4v) is 3.63. The molecule has 0 bridgehead atoms. The number of rotatable bonds is 4. The Morgan fingerprint density at radius 2 is 2.00 bits per heavy atom. The van der Waals surface area contributed by atoms with E-state index in [4.69, 9.17) is 0 Å². The first-order chi connectivity index (χ1) is 11.1. The summed E-state index contributed by atoms with van der Waals surface area (Å²) in [6.45, 7) is 0.252. The molecule has 2 heterocycles. The molecule has 1 aromatic carbocycles. The van der Waals surface area contributed by atoms with Gasteiger partial charge in [-0.05, 0) is 54.7 Å². The molecule has 1 aliphatic rings. The van der Waals surface area contributed by atoms with Gasteiger partial charge < -0.3 is 10.4 Å². The smallest absolute Gasteiger partial charge is 0.252 e. The molecule has 2 aromatic rings. The highest BCUT2D eigenvalue weighted by Crippen LogP contribution is 2.27. The lowest BCUT2D eigenvalue weighted by Crippen LogP contribution is -2.48. The number of hydrogen-bond acceptors (Lipinski definition) is 4. The van der Waals surface area contributed by atoms with Gasteiger partial charge in [-0.2, -0.15) is 16.9 Å². The van der Waals surface area contributed by atoms with Gasteiger partial charge in [0, 0.05) is 6.20 Å². The quantitative estimate of drug-likeness (QED) is 0.895. The Balaban J connectivity index is 1.61. The van der Waals surface area contributed by atoms with Gasteiger partial charge >= 0.3 is 0 Å². The number of carbonyl (C=O) groups is 1. The summed E-state index contributed by atoms with van der Waals surface area (Å²) in [6.07, 6.45) is 2.71. The summed E-state index contributed by atoms with van der Waals surface area (Å²) in [5.74, 6) is 0.952. The zero-order valence-corrected chi connectivity index (χ0v) is 13.4. The maximum Gasteiger partial charge on any atom is 0.252 e. The summed E-state index contributed by atoms with van der Waals surface area (Å²) in [5.41, 5.74) is 0.161. The molecule has 1 amide bonds. The van der Waals surface area contributed by atoms with Crippen LogP contribution in [0.4, 0.5) is 4.39 Å². The normalized spacial score (nSPS) is 17.0. The highest BCUT2D eigenvalue weighted by atomic mass is 32.2. The largest absolute Gasteiger partial charge is 0.380 e. The van der Waals surface area contributed by atoms with Crippen LogP contribution in [0.1, 0.15) is 18.5 Å². The topological polar surface area (TPSA) is 67.2 Å². The lowest BCUT2D eigenvalue weighted by Gasteiger charge is -2.30. The van der Waals surface area contributed by atoms with Crippen LogP contribution in [-0.2, 0) is 11.3 Å². The van der Waals surface area contributed by atoms with Gasteiger partial charge in [-0.3, -0.25) is 4.79 Å². The Bertz CT molecular complexity index is 681. The second-order valence-electron chi connectivity index (χ2n) is 5.55. The van der Waals surface area contributed by atoms with Crippen molar-refractivity contribution in [2.24, 2.45) is 0 Å². The molecule has 2 N–H and O–H groups in total. The molecular weight excluding hydrogens is 317 g/mol. The van der Waals surface area contributed by atoms with Gasteiger partial charge in [-0.1, -0.05) is 0 Å². The zero-order valence-electron chi connectivity index (χ0n) is 12.5. The third-order valence-electron chi connectivity index (χ3n) is 3.91. The molecule has 1 aliphatic heterocycles. The minimum absolute atomic E-state index is 0.252. The molecule has 0 spiro atoms. The molecular formula is C16H18FN3O2S. The van der Waals surface area contributed by atoms with Crippen molar-refractivity contribution >= 4 is 17.7 Å². The predicted octanol–water partition coefficient (Wildman–Crippen LogP) is 1.89. The summed E-state index contributed by atoms with van der Waals surface area (Å²) in [7, 11) is 0. The van der Waals surface area contributed by atoms with E-state index in [2.05, 4.69) is 10.4 Å². The second-order valence-corrected chi connectivity index (χ2v) is 6.78. The van der Waals surface area contributed by atoms with Crippen LogP contribution >= 0.6 is 11.8 Å². The zero-order chi connectivity index (χ0) is 16.3. The SMILES string of the molecule is O=C(NCc1ccn(-c2ccc(F)cc2)n1)C1(O)CCSCC1. The summed E-state index contributed by atoms with van der Waals surface area (Å²) in [4.78, 5) is 12.2. The number of halogens is 1. The van der Waals surface area contributed by atoms with Gasteiger partial charge in [-0.15, -0.1) is 0 Å². The third-order valence-corrected chi connectivity index (χ3v) is 4.89. The maximum absolute atomic E-state index is 12.9. The molecule has 0 atom stereocenters. The molecule has 5 nitrogen and oxygen atoms in total. The Kier molecular flexibility index (Phi) is 4.68. The number of nitrogens with one attached hydrogen (secondary N) is 1. The molecule has 0 radical (unpaired) electrons. The van der Waals surface area contributed by atoms with Crippen LogP contribution < -0.4 is 5.32 Å². The van der Waals surface area contributed by atoms with E-state index in [-0.39, 0.29) is 18.3 Å². The number of thioether (sulfide) groups is 1. The fraction of sp³-hybridized carbons (Fsp3) is 0.375. The Morgan fingerprint density at radius 1 is 1.30 bits per heavy atom. The molecule has 1 saturated heterocycles. The number of aliphatic hydroxyl groups is 1. The van der Waals surface area contributed by atoms with Crippen LogP contribution in [0.25, 0.3) is 5.69 Å². The first kappa shape index (κ1) is 16.0. The highest BCUT2D eigenvalue weighted by Gasteiger charge is 2.37. The number of benzene rings is 1. The number of amides is 1. The van der Waals surface area contributed by atoms with Crippen molar-refractivity contribution in [3.8, 4) is 5.69 Å². The second kappa shape index (κ2) is 6.72. The highest BCUT2D eigenvalue weighted by molar-refractivity contribution is 7.99. The van der Waals surface area contributed by atoms with E-state index in [9.17, 15) is 14.3 Å². The number of hydrogen-bond donors (Lipinski definition) is 2. The lowest BCUT2D eigenvalue weighted by molar-refractivity contribution is -0.140. The molecule has 122 valence electrons. The predicted molar refractivity (Wildman–Crippen MR) is 86.9 cm³/mol. The molecule has 23 heavy (non-hydrogen) atoms. The van der Waals surface area contributed by atoms with Crippen molar-refractivity contribution in [3.63, 3.8) is 0 Å². The van der Waals surface area contributed by atoms with Gasteiger partial charge in [0.2, 0.25) is 0 Å². The number of carbonyl (C=O) groups excluding carboxylic acids is 1. The van der Waals surface area contributed by atoms with Gasteiger partial charge in [0.1, 0.15) is 11.4 Å². The first-order valence-electron chi connectivity index (χ1n) is 7.46. The Labute approximate surface area is 137 Å². The van der Waals surface area contributed by atoms with Gasteiger partial charge in [0.05, 0.1) is 17.9 Å². The van der Waals surface area contributed by atoms with Crippen LogP contribution in [-0.4, -0.2) is 37.9 Å². The first-order valence-corrected chi connectivity index (χ1v) is 8.61. The van der Waals surface area contributed by atoms with Gasteiger partial charge in [0.15, 0.2) is 0 Å². The van der Waals surface area contributed by atoms with Crippen LogP contribution in [0.2, 0.25) is 0 Å². The molecule has 1 fully saturated rings. The Morgan fingerprint density at radius 3 is 2.70 bits per heavy atom. The van der Waals surface area contributed by atoms with E-state index in [1.165, 1.54) is 12.1 Å².